The van der Waals surface area contributed by atoms with Gasteiger partial charge in [-0.1, -0.05) is 12.1 Å². The fourth-order valence-corrected chi connectivity index (χ4v) is 5.12. The van der Waals surface area contributed by atoms with Crippen LogP contribution in [0, 0.1) is 0 Å². The van der Waals surface area contributed by atoms with Crippen molar-refractivity contribution in [3.63, 3.8) is 0 Å². The molecule has 0 saturated carbocycles. The summed E-state index contributed by atoms with van der Waals surface area (Å²) in [6.45, 7) is 2.32. The number of ketones is 2. The van der Waals surface area contributed by atoms with Crippen molar-refractivity contribution in [3.8, 4) is 11.1 Å². The maximum atomic E-state index is 14.5. The second kappa shape index (κ2) is 11.6. The summed E-state index contributed by atoms with van der Waals surface area (Å²) in [6, 6.07) is 9.24. The van der Waals surface area contributed by atoms with Gasteiger partial charge in [0.05, 0.1) is 18.5 Å². The van der Waals surface area contributed by atoms with Gasteiger partial charge in [-0.3, -0.25) is 23.9 Å². The van der Waals surface area contributed by atoms with E-state index in [9.17, 15) is 23.6 Å². The van der Waals surface area contributed by atoms with Crippen molar-refractivity contribution in [2.24, 2.45) is 0 Å². The zero-order valence-corrected chi connectivity index (χ0v) is 23.8. The SMILES string of the molecule is CC(=O)Cc1ncc(-c2ccc3c(c2)c(C(C)=O)nn3CC(=O)N2C[C@H](F)C[C@H]2C(=O)Nc2cccc(Br)n2)cn1. The van der Waals surface area contributed by atoms with Crippen molar-refractivity contribution in [2.75, 3.05) is 11.9 Å². The van der Waals surface area contributed by atoms with Gasteiger partial charge < -0.3 is 10.2 Å². The van der Waals surface area contributed by atoms with E-state index in [1.807, 2.05) is 0 Å². The maximum absolute atomic E-state index is 14.5. The normalized spacial score (nSPS) is 16.6. The lowest BCUT2D eigenvalue weighted by molar-refractivity contribution is -0.137. The Morgan fingerprint density at radius 2 is 1.83 bits per heavy atom. The highest BCUT2D eigenvalue weighted by Gasteiger charge is 2.40. The van der Waals surface area contributed by atoms with E-state index in [-0.39, 0.29) is 49.0 Å². The summed E-state index contributed by atoms with van der Waals surface area (Å²) in [5.41, 5.74) is 2.09. The number of aromatic nitrogens is 5. The molecule has 5 rings (SSSR count). The number of rotatable bonds is 8. The van der Waals surface area contributed by atoms with Crippen molar-refractivity contribution in [2.45, 2.75) is 45.4 Å². The Morgan fingerprint density at radius 3 is 2.51 bits per heavy atom. The maximum Gasteiger partial charge on any atom is 0.248 e. The van der Waals surface area contributed by atoms with E-state index in [2.05, 4.69) is 41.3 Å². The third-order valence-corrected chi connectivity index (χ3v) is 7.10. The Labute approximate surface area is 242 Å². The van der Waals surface area contributed by atoms with Crippen molar-refractivity contribution < 1.29 is 23.6 Å². The number of benzene rings is 1. The molecule has 0 unspecified atom stereocenters. The molecule has 210 valence electrons. The number of likely N-dealkylation sites (tertiary alicyclic amines) is 1. The molecule has 0 radical (unpaired) electrons. The van der Waals surface area contributed by atoms with Crippen molar-refractivity contribution in [3.05, 3.63) is 64.9 Å². The number of nitrogens with one attached hydrogen (secondary N) is 1. The van der Waals surface area contributed by atoms with Gasteiger partial charge in [0, 0.05) is 36.7 Å². The number of fused-ring (bicyclic) bond motifs is 1. The molecule has 1 saturated heterocycles. The van der Waals surface area contributed by atoms with Gasteiger partial charge in [0.25, 0.3) is 0 Å². The number of nitrogens with zero attached hydrogens (tertiary/aromatic N) is 6. The zero-order chi connectivity index (χ0) is 29.3. The van der Waals surface area contributed by atoms with Gasteiger partial charge in [-0.2, -0.15) is 5.10 Å². The van der Waals surface area contributed by atoms with Crippen LogP contribution in [0.15, 0.2) is 53.4 Å². The highest BCUT2D eigenvalue weighted by Crippen LogP contribution is 2.28. The predicted octanol–water partition coefficient (Wildman–Crippen LogP) is 3.56. The molecule has 1 aliphatic rings. The first-order valence-electron chi connectivity index (χ1n) is 12.8. The van der Waals surface area contributed by atoms with Gasteiger partial charge >= 0.3 is 0 Å². The van der Waals surface area contributed by atoms with E-state index >= 15 is 0 Å². The smallest absolute Gasteiger partial charge is 0.248 e. The standard InChI is InChI=1S/C28H25BrFN7O4/c1-15(38)8-25-31-11-18(12-32-25)17-6-7-21-20(9-17)27(16(2)39)35-37(21)14-26(40)36-13-19(30)10-22(36)28(41)34-24-5-3-4-23(29)33-24/h3-7,9,11-12,19,22H,8,10,13-14H2,1-2H3,(H,33,34,41)/t19-,22+/m1/s1. The van der Waals surface area contributed by atoms with Gasteiger partial charge in [0.1, 0.15) is 46.5 Å². The number of hydrogen-bond donors (Lipinski definition) is 1. The summed E-state index contributed by atoms with van der Waals surface area (Å²) in [4.78, 5) is 64.0. The quantitative estimate of drug-likeness (QED) is 0.233. The molecule has 1 aromatic carbocycles. The van der Waals surface area contributed by atoms with Gasteiger partial charge in [-0.15, -0.1) is 0 Å². The Morgan fingerprint density at radius 1 is 1.07 bits per heavy atom. The topological polar surface area (TPSA) is 140 Å². The molecule has 11 nitrogen and oxygen atoms in total. The molecule has 0 spiro atoms. The van der Waals surface area contributed by atoms with Crippen LogP contribution in [0.1, 0.15) is 36.6 Å². The number of amides is 2. The average molecular weight is 622 g/mol. The van der Waals surface area contributed by atoms with Gasteiger partial charge in [0.2, 0.25) is 11.8 Å². The molecule has 0 bridgehead atoms. The zero-order valence-electron chi connectivity index (χ0n) is 22.2. The first-order chi connectivity index (χ1) is 19.6. The number of alkyl halides is 1. The number of hydrogen-bond acceptors (Lipinski definition) is 8. The molecule has 2 amide bonds. The van der Waals surface area contributed by atoms with Crippen LogP contribution in [0.4, 0.5) is 10.2 Å². The Kier molecular flexibility index (Phi) is 7.97. The summed E-state index contributed by atoms with van der Waals surface area (Å²) in [6.07, 6.45) is 1.84. The van der Waals surface area contributed by atoms with E-state index in [4.69, 9.17) is 0 Å². The van der Waals surface area contributed by atoms with Crippen LogP contribution in [0.5, 0.6) is 0 Å². The van der Waals surface area contributed by atoms with E-state index in [0.717, 1.165) is 5.56 Å². The van der Waals surface area contributed by atoms with Gasteiger partial charge in [0.15, 0.2) is 5.78 Å². The van der Waals surface area contributed by atoms with Gasteiger partial charge in [-0.25, -0.2) is 19.3 Å². The number of anilines is 1. The van der Waals surface area contributed by atoms with Crippen LogP contribution in [0.2, 0.25) is 0 Å². The van der Waals surface area contributed by atoms with Crippen molar-refractivity contribution in [1.82, 2.24) is 29.6 Å². The molecular formula is C28H25BrFN7O4. The minimum Gasteiger partial charge on any atom is -0.326 e. The van der Waals surface area contributed by atoms with Gasteiger partial charge in [-0.05, 0) is 52.7 Å². The summed E-state index contributed by atoms with van der Waals surface area (Å²) >= 11 is 3.24. The predicted molar refractivity (Wildman–Crippen MR) is 151 cm³/mol. The molecule has 2 atom stereocenters. The number of halogens is 2. The lowest BCUT2D eigenvalue weighted by atomic mass is 10.0. The average Bonchev–Trinajstić information content (AvgIpc) is 3.49. The highest BCUT2D eigenvalue weighted by molar-refractivity contribution is 9.10. The molecule has 4 heterocycles. The van der Waals surface area contributed by atoms with Crippen LogP contribution in [-0.2, 0) is 27.3 Å². The van der Waals surface area contributed by atoms with E-state index in [1.54, 1.807) is 48.8 Å². The lowest BCUT2D eigenvalue weighted by Gasteiger charge is -2.23. The third-order valence-electron chi connectivity index (χ3n) is 6.65. The molecule has 0 aliphatic carbocycles. The molecule has 4 aromatic rings. The Hall–Kier alpha value is -4.39. The minimum atomic E-state index is -1.36. The monoisotopic (exact) mass is 621 g/mol. The van der Waals surface area contributed by atoms with Crippen LogP contribution < -0.4 is 5.32 Å². The van der Waals surface area contributed by atoms with E-state index in [1.165, 1.54) is 23.4 Å². The second-order valence-electron chi connectivity index (χ2n) is 9.79. The van der Waals surface area contributed by atoms with Crippen LogP contribution in [-0.4, -0.2) is 71.8 Å². The summed E-state index contributed by atoms with van der Waals surface area (Å²) < 4.78 is 16.4. The van der Waals surface area contributed by atoms with Crippen LogP contribution >= 0.6 is 15.9 Å². The number of pyridine rings is 1. The van der Waals surface area contributed by atoms with Crippen molar-refractivity contribution in [1.29, 1.82) is 0 Å². The highest BCUT2D eigenvalue weighted by atomic mass is 79.9. The lowest BCUT2D eigenvalue weighted by Crippen LogP contribution is -2.44. The summed E-state index contributed by atoms with van der Waals surface area (Å²) in [5, 5.41) is 7.56. The second-order valence-corrected chi connectivity index (χ2v) is 10.6. The third kappa shape index (κ3) is 6.19. The molecule has 41 heavy (non-hydrogen) atoms. The molecule has 3 aromatic heterocycles. The number of Topliss-reactive ketones (excluding diaryl/α,β-unsaturated/α-hetero) is 2. The first kappa shape index (κ1) is 28.1. The Bertz CT molecular complexity index is 1670. The molecule has 13 heteroatoms. The largest absolute Gasteiger partial charge is 0.326 e. The fourth-order valence-electron chi connectivity index (χ4n) is 4.77. The molecular weight excluding hydrogens is 597 g/mol. The van der Waals surface area contributed by atoms with Crippen LogP contribution in [0.25, 0.3) is 22.0 Å². The fraction of sp³-hybridized carbons (Fsp3) is 0.286. The molecule has 1 N–H and O–H groups in total. The summed E-state index contributed by atoms with van der Waals surface area (Å²) in [5.74, 6) is -0.703. The van der Waals surface area contributed by atoms with E-state index in [0.29, 0.717) is 26.9 Å². The first-order valence-corrected chi connectivity index (χ1v) is 13.6. The number of carbonyl (C=O) groups excluding carboxylic acids is 4. The van der Waals surface area contributed by atoms with Crippen LogP contribution in [0.3, 0.4) is 0 Å². The number of carbonyl (C=O) groups is 4. The Balaban J connectivity index is 1.39. The van der Waals surface area contributed by atoms with E-state index < -0.39 is 24.0 Å². The summed E-state index contributed by atoms with van der Waals surface area (Å²) in [7, 11) is 0. The molecule has 1 aliphatic heterocycles. The minimum absolute atomic E-state index is 0.0448. The van der Waals surface area contributed by atoms with Crippen molar-refractivity contribution >= 4 is 56.0 Å². The molecule has 1 fully saturated rings.